The van der Waals surface area contributed by atoms with E-state index in [-0.39, 0.29) is 0 Å². The maximum atomic E-state index is 12.4. The summed E-state index contributed by atoms with van der Waals surface area (Å²) in [6, 6.07) is 1.32. The van der Waals surface area contributed by atoms with Gasteiger partial charge < -0.3 is 10.2 Å². The van der Waals surface area contributed by atoms with Crippen LogP contribution in [0.5, 0.6) is 0 Å². The number of nitrogens with zero attached hydrogens (tertiary/aromatic N) is 1. The predicted molar refractivity (Wildman–Crippen MR) is 77.0 cm³/mol. The molecule has 3 nitrogen and oxygen atoms in total. The van der Waals surface area contributed by atoms with Crippen LogP contribution in [0.4, 0.5) is 0 Å². The number of amides is 1. The van der Waals surface area contributed by atoms with Gasteiger partial charge in [-0.05, 0) is 44.4 Å². The molecule has 0 aromatic rings. The van der Waals surface area contributed by atoms with Gasteiger partial charge in [0.25, 0.3) is 0 Å². The van der Waals surface area contributed by atoms with Crippen LogP contribution in [0.1, 0.15) is 64.2 Å². The molecule has 3 aliphatic rings. The molecule has 108 valence electrons. The molecular weight excluding hydrogens is 236 g/mol. The molecule has 1 amide bonds. The first-order valence-corrected chi connectivity index (χ1v) is 8.36. The number of nitrogens with one attached hydrogen (secondary N) is 1. The average Bonchev–Trinajstić information content (AvgIpc) is 3.29. The van der Waals surface area contributed by atoms with Crippen LogP contribution in [0.25, 0.3) is 0 Å². The summed E-state index contributed by atoms with van der Waals surface area (Å²) < 4.78 is 0. The number of hydrogen-bond donors (Lipinski definition) is 1. The van der Waals surface area contributed by atoms with Gasteiger partial charge in [-0.25, -0.2) is 0 Å². The monoisotopic (exact) mass is 264 g/mol. The van der Waals surface area contributed by atoms with E-state index >= 15 is 0 Å². The highest BCUT2D eigenvalue weighted by Gasteiger charge is 2.34. The lowest BCUT2D eigenvalue weighted by Crippen LogP contribution is -2.39. The van der Waals surface area contributed by atoms with E-state index in [1.54, 1.807) is 0 Å². The van der Waals surface area contributed by atoms with Crippen molar-refractivity contribution in [3.8, 4) is 0 Å². The molecule has 0 aromatic heterocycles. The van der Waals surface area contributed by atoms with Crippen molar-refractivity contribution in [1.82, 2.24) is 10.2 Å². The fourth-order valence-corrected chi connectivity index (χ4v) is 3.30. The Morgan fingerprint density at radius 2 is 1.74 bits per heavy atom. The zero-order valence-electron chi connectivity index (χ0n) is 12.1. The normalized spacial score (nSPS) is 24.4. The molecule has 0 atom stereocenters. The van der Waals surface area contributed by atoms with Crippen molar-refractivity contribution < 1.29 is 4.79 Å². The lowest BCUT2D eigenvalue weighted by atomic mass is 9.89. The molecule has 0 heterocycles. The van der Waals surface area contributed by atoms with E-state index in [1.807, 2.05) is 0 Å². The van der Waals surface area contributed by atoms with Crippen molar-refractivity contribution in [1.29, 1.82) is 0 Å². The maximum absolute atomic E-state index is 12.4. The molecule has 0 unspecified atom stereocenters. The molecule has 3 aliphatic carbocycles. The van der Waals surface area contributed by atoms with Crippen LogP contribution < -0.4 is 5.32 Å². The van der Waals surface area contributed by atoms with Crippen LogP contribution in [-0.2, 0) is 4.79 Å². The molecule has 0 saturated heterocycles. The summed E-state index contributed by atoms with van der Waals surface area (Å²) in [4.78, 5) is 14.6. The highest BCUT2D eigenvalue weighted by Crippen LogP contribution is 2.31. The van der Waals surface area contributed by atoms with Crippen molar-refractivity contribution in [2.24, 2.45) is 5.92 Å². The summed E-state index contributed by atoms with van der Waals surface area (Å²) in [5, 5.41) is 3.46. The van der Waals surface area contributed by atoms with Gasteiger partial charge in [-0.3, -0.25) is 4.79 Å². The van der Waals surface area contributed by atoms with Gasteiger partial charge in [0.05, 0.1) is 0 Å². The number of rotatable bonds is 7. The second kappa shape index (κ2) is 6.25. The maximum Gasteiger partial charge on any atom is 0.224 e. The van der Waals surface area contributed by atoms with Gasteiger partial charge in [0.15, 0.2) is 0 Å². The van der Waals surface area contributed by atoms with Crippen LogP contribution in [0.15, 0.2) is 0 Å². The highest BCUT2D eigenvalue weighted by atomic mass is 16.2. The SMILES string of the molecule is O=C(CCNC1CC1)N(CC1CCCCC1)C1CC1. The molecular formula is C16H28N2O. The lowest BCUT2D eigenvalue weighted by molar-refractivity contribution is -0.132. The van der Waals surface area contributed by atoms with E-state index in [0.717, 1.165) is 25.0 Å². The van der Waals surface area contributed by atoms with Gasteiger partial charge in [0.1, 0.15) is 0 Å². The summed E-state index contributed by atoms with van der Waals surface area (Å²) in [7, 11) is 0. The van der Waals surface area contributed by atoms with Crippen LogP contribution >= 0.6 is 0 Å². The molecule has 19 heavy (non-hydrogen) atoms. The van der Waals surface area contributed by atoms with E-state index in [2.05, 4.69) is 10.2 Å². The van der Waals surface area contributed by atoms with Crippen molar-refractivity contribution in [3.05, 3.63) is 0 Å². The van der Waals surface area contributed by atoms with Crippen molar-refractivity contribution >= 4 is 5.91 Å². The summed E-state index contributed by atoms with van der Waals surface area (Å²) in [6.45, 7) is 1.93. The van der Waals surface area contributed by atoms with Crippen LogP contribution in [-0.4, -0.2) is 36.0 Å². The Kier molecular flexibility index (Phi) is 4.42. The van der Waals surface area contributed by atoms with Crippen LogP contribution in [0, 0.1) is 5.92 Å². The first-order chi connectivity index (χ1) is 9.33. The third-order valence-electron chi connectivity index (χ3n) is 4.84. The topological polar surface area (TPSA) is 32.3 Å². The van der Waals surface area contributed by atoms with E-state index in [9.17, 15) is 4.79 Å². The fraction of sp³-hybridized carbons (Fsp3) is 0.938. The lowest BCUT2D eigenvalue weighted by Gasteiger charge is -2.30. The summed E-state index contributed by atoms with van der Waals surface area (Å²) in [6.07, 6.45) is 12.7. The van der Waals surface area contributed by atoms with Crippen molar-refractivity contribution in [2.45, 2.75) is 76.3 Å². The van der Waals surface area contributed by atoms with Crippen molar-refractivity contribution in [3.63, 3.8) is 0 Å². The predicted octanol–water partition coefficient (Wildman–Crippen LogP) is 2.70. The molecule has 3 saturated carbocycles. The smallest absolute Gasteiger partial charge is 0.224 e. The van der Waals surface area contributed by atoms with E-state index in [4.69, 9.17) is 0 Å². The zero-order chi connectivity index (χ0) is 13.1. The van der Waals surface area contributed by atoms with Gasteiger partial charge in [-0.2, -0.15) is 0 Å². The Morgan fingerprint density at radius 3 is 2.37 bits per heavy atom. The van der Waals surface area contributed by atoms with E-state index in [0.29, 0.717) is 18.4 Å². The number of hydrogen-bond acceptors (Lipinski definition) is 2. The van der Waals surface area contributed by atoms with Gasteiger partial charge in [0, 0.05) is 31.6 Å². The second-order valence-electron chi connectivity index (χ2n) is 6.76. The summed E-state index contributed by atoms with van der Waals surface area (Å²) in [5.41, 5.74) is 0. The first-order valence-electron chi connectivity index (χ1n) is 8.36. The van der Waals surface area contributed by atoms with E-state index < -0.39 is 0 Å². The number of carbonyl (C=O) groups excluding carboxylic acids is 1. The molecule has 0 bridgehead atoms. The fourth-order valence-electron chi connectivity index (χ4n) is 3.30. The zero-order valence-corrected chi connectivity index (χ0v) is 12.1. The second-order valence-corrected chi connectivity index (χ2v) is 6.76. The summed E-state index contributed by atoms with van der Waals surface area (Å²) >= 11 is 0. The summed E-state index contributed by atoms with van der Waals surface area (Å²) in [5.74, 6) is 1.19. The van der Waals surface area contributed by atoms with Crippen LogP contribution in [0.2, 0.25) is 0 Å². The Bertz CT molecular complexity index is 304. The van der Waals surface area contributed by atoms with Gasteiger partial charge in [-0.15, -0.1) is 0 Å². The Labute approximate surface area is 117 Å². The standard InChI is InChI=1S/C16H28N2O/c19-16(10-11-17-14-6-7-14)18(15-8-9-15)12-13-4-2-1-3-5-13/h13-15,17H,1-12H2. The Hall–Kier alpha value is -0.570. The minimum atomic E-state index is 0.404. The largest absolute Gasteiger partial charge is 0.339 e. The van der Waals surface area contributed by atoms with E-state index in [1.165, 1.54) is 57.8 Å². The van der Waals surface area contributed by atoms with Gasteiger partial charge in [-0.1, -0.05) is 19.3 Å². The molecule has 0 spiro atoms. The first kappa shape index (κ1) is 13.4. The number of carbonyl (C=O) groups is 1. The highest BCUT2D eigenvalue weighted by molar-refractivity contribution is 5.77. The average molecular weight is 264 g/mol. The van der Waals surface area contributed by atoms with Gasteiger partial charge >= 0.3 is 0 Å². The molecule has 0 aliphatic heterocycles. The third-order valence-corrected chi connectivity index (χ3v) is 4.84. The molecule has 3 heteroatoms. The quantitative estimate of drug-likeness (QED) is 0.767. The molecule has 3 fully saturated rings. The van der Waals surface area contributed by atoms with Crippen LogP contribution in [0.3, 0.4) is 0 Å². The molecule has 3 rings (SSSR count). The molecule has 0 radical (unpaired) electrons. The van der Waals surface area contributed by atoms with Gasteiger partial charge in [0.2, 0.25) is 5.91 Å². The van der Waals surface area contributed by atoms with Crippen molar-refractivity contribution in [2.75, 3.05) is 13.1 Å². The molecule has 0 aromatic carbocycles. The minimum absolute atomic E-state index is 0.404. The molecule has 1 N–H and O–H groups in total. The Balaban J connectivity index is 1.43. The minimum Gasteiger partial charge on any atom is -0.339 e. The Morgan fingerprint density at radius 1 is 1.00 bits per heavy atom. The third kappa shape index (κ3) is 4.20.